The van der Waals surface area contributed by atoms with Crippen molar-refractivity contribution < 1.29 is 15.0 Å². The minimum Gasteiger partial charge on any atom is -0.393 e. The van der Waals surface area contributed by atoms with E-state index in [9.17, 15) is 15.0 Å². The zero-order chi connectivity index (χ0) is 13.0. The van der Waals surface area contributed by atoms with Gasteiger partial charge in [0.2, 0.25) is 5.91 Å². The van der Waals surface area contributed by atoms with Gasteiger partial charge in [0.1, 0.15) is 0 Å². The van der Waals surface area contributed by atoms with E-state index in [4.69, 9.17) is 5.73 Å². The Bertz CT molecular complexity index is 400. The summed E-state index contributed by atoms with van der Waals surface area (Å²) in [5.41, 5.74) is 7.32. The molecule has 0 spiro atoms. The zero-order valence-electron chi connectivity index (χ0n) is 10.2. The van der Waals surface area contributed by atoms with Crippen molar-refractivity contribution in [3.63, 3.8) is 0 Å². The number of hydrogen-bond donors (Lipinski definition) is 3. The van der Waals surface area contributed by atoms with Gasteiger partial charge >= 0.3 is 0 Å². The molecule has 2 unspecified atom stereocenters. The Balaban J connectivity index is 3.18. The molecule has 0 saturated carbocycles. The van der Waals surface area contributed by atoms with E-state index >= 15 is 0 Å². The fourth-order valence-corrected chi connectivity index (χ4v) is 1.91. The van der Waals surface area contributed by atoms with Gasteiger partial charge in [-0.3, -0.25) is 4.79 Å². The third-order valence-electron chi connectivity index (χ3n) is 2.55. The molecular weight excluding hydrogens is 218 g/mol. The second-order valence-electron chi connectivity index (χ2n) is 4.41. The van der Waals surface area contributed by atoms with Crippen molar-refractivity contribution in [3.8, 4) is 0 Å². The first kappa shape index (κ1) is 13.7. The highest BCUT2D eigenvalue weighted by Crippen LogP contribution is 2.18. The number of carbonyl (C=O) groups excluding carboxylic acids is 1. The van der Waals surface area contributed by atoms with Crippen LogP contribution in [0.15, 0.2) is 18.2 Å². The van der Waals surface area contributed by atoms with E-state index in [1.807, 2.05) is 6.07 Å². The largest absolute Gasteiger partial charge is 0.393 e. The number of nitrogens with two attached hydrogens (primary N) is 1. The van der Waals surface area contributed by atoms with E-state index in [2.05, 4.69) is 0 Å². The first-order valence-corrected chi connectivity index (χ1v) is 5.68. The minimum atomic E-state index is -0.553. The Morgan fingerprint density at radius 2 is 1.82 bits per heavy atom. The first-order valence-electron chi connectivity index (χ1n) is 5.68. The molecule has 4 N–H and O–H groups in total. The fourth-order valence-electron chi connectivity index (χ4n) is 1.91. The number of rotatable bonds is 5. The molecule has 0 radical (unpaired) electrons. The molecule has 0 aliphatic heterocycles. The highest BCUT2D eigenvalue weighted by Gasteiger charge is 2.15. The number of benzene rings is 1. The van der Waals surface area contributed by atoms with Gasteiger partial charge in [0, 0.05) is 5.56 Å². The molecule has 0 heterocycles. The average molecular weight is 237 g/mol. The molecule has 17 heavy (non-hydrogen) atoms. The van der Waals surface area contributed by atoms with Crippen LogP contribution in [0.3, 0.4) is 0 Å². The van der Waals surface area contributed by atoms with Crippen LogP contribution in [0.2, 0.25) is 0 Å². The standard InChI is InChI=1S/C13H19NO3/c1-8(15)6-10-4-3-5-11(13(14)17)12(10)7-9(2)16/h3-5,8-9,15-16H,6-7H2,1-2H3,(H2,14,17). The predicted octanol–water partition coefficient (Wildman–Crippen LogP) is 0.632. The number of hydrogen-bond acceptors (Lipinski definition) is 3. The summed E-state index contributed by atoms with van der Waals surface area (Å²) < 4.78 is 0. The fraction of sp³-hybridized carbons (Fsp3) is 0.462. The third-order valence-corrected chi connectivity index (χ3v) is 2.55. The Morgan fingerprint density at radius 1 is 1.24 bits per heavy atom. The lowest BCUT2D eigenvalue weighted by Crippen LogP contribution is -2.19. The molecule has 1 aromatic carbocycles. The Labute approximate surface area is 101 Å². The molecule has 0 bridgehead atoms. The molecule has 0 aliphatic rings. The molecule has 1 amide bonds. The molecular formula is C13H19NO3. The van der Waals surface area contributed by atoms with Crippen molar-refractivity contribution in [2.24, 2.45) is 5.73 Å². The first-order chi connectivity index (χ1) is 7.91. The highest BCUT2D eigenvalue weighted by molar-refractivity contribution is 5.94. The lowest BCUT2D eigenvalue weighted by atomic mass is 9.93. The second kappa shape index (κ2) is 5.80. The number of aliphatic hydroxyl groups excluding tert-OH is 2. The number of amides is 1. The normalized spacial score (nSPS) is 14.4. The molecule has 2 atom stereocenters. The molecule has 1 aromatic rings. The Hall–Kier alpha value is -1.39. The van der Waals surface area contributed by atoms with Crippen molar-refractivity contribution >= 4 is 5.91 Å². The van der Waals surface area contributed by atoms with Crippen LogP contribution in [0, 0.1) is 0 Å². The van der Waals surface area contributed by atoms with Crippen LogP contribution < -0.4 is 5.73 Å². The summed E-state index contributed by atoms with van der Waals surface area (Å²) in [5, 5.41) is 18.9. The van der Waals surface area contributed by atoms with Gasteiger partial charge in [-0.2, -0.15) is 0 Å². The van der Waals surface area contributed by atoms with Gasteiger partial charge in [-0.1, -0.05) is 12.1 Å². The maximum atomic E-state index is 11.3. The smallest absolute Gasteiger partial charge is 0.248 e. The van der Waals surface area contributed by atoms with E-state index in [1.54, 1.807) is 26.0 Å². The van der Waals surface area contributed by atoms with Crippen molar-refractivity contribution in [2.75, 3.05) is 0 Å². The van der Waals surface area contributed by atoms with Crippen LogP contribution in [-0.4, -0.2) is 28.3 Å². The minimum absolute atomic E-state index is 0.362. The Kier molecular flexibility index (Phi) is 4.66. The molecule has 0 fully saturated rings. The lowest BCUT2D eigenvalue weighted by molar-refractivity contribution is 0.0998. The van der Waals surface area contributed by atoms with Crippen molar-refractivity contribution in [1.82, 2.24) is 0 Å². The van der Waals surface area contributed by atoms with Gasteiger partial charge < -0.3 is 15.9 Å². The number of aliphatic hydroxyl groups is 2. The Morgan fingerprint density at radius 3 is 2.29 bits per heavy atom. The molecule has 1 rings (SSSR count). The van der Waals surface area contributed by atoms with Crippen LogP contribution in [0.4, 0.5) is 0 Å². The van der Waals surface area contributed by atoms with E-state index in [1.165, 1.54) is 0 Å². The quantitative estimate of drug-likeness (QED) is 0.702. The van der Waals surface area contributed by atoms with E-state index in [0.29, 0.717) is 18.4 Å². The van der Waals surface area contributed by atoms with Crippen LogP contribution in [0.25, 0.3) is 0 Å². The third kappa shape index (κ3) is 3.84. The van der Waals surface area contributed by atoms with Crippen LogP contribution in [0.1, 0.15) is 35.3 Å². The van der Waals surface area contributed by atoms with Crippen molar-refractivity contribution in [2.45, 2.75) is 38.9 Å². The number of carbonyl (C=O) groups is 1. The summed E-state index contributed by atoms with van der Waals surface area (Å²) in [6.07, 6.45) is -0.237. The monoisotopic (exact) mass is 237 g/mol. The maximum Gasteiger partial charge on any atom is 0.248 e. The van der Waals surface area contributed by atoms with Crippen LogP contribution in [0.5, 0.6) is 0 Å². The molecule has 4 heteroatoms. The molecule has 0 saturated heterocycles. The van der Waals surface area contributed by atoms with Gasteiger partial charge in [0.05, 0.1) is 12.2 Å². The van der Waals surface area contributed by atoms with Gasteiger partial charge in [-0.05, 0) is 43.9 Å². The summed E-state index contributed by atoms with van der Waals surface area (Å²) in [4.78, 5) is 11.3. The molecule has 94 valence electrons. The van der Waals surface area contributed by atoms with Gasteiger partial charge in [0.25, 0.3) is 0 Å². The highest BCUT2D eigenvalue weighted by atomic mass is 16.3. The molecule has 0 aliphatic carbocycles. The summed E-state index contributed by atoms with van der Waals surface area (Å²) in [5.74, 6) is -0.506. The second-order valence-corrected chi connectivity index (χ2v) is 4.41. The van der Waals surface area contributed by atoms with Crippen molar-refractivity contribution in [3.05, 3.63) is 34.9 Å². The lowest BCUT2D eigenvalue weighted by Gasteiger charge is -2.15. The van der Waals surface area contributed by atoms with Crippen LogP contribution in [-0.2, 0) is 12.8 Å². The van der Waals surface area contributed by atoms with Gasteiger partial charge in [-0.15, -0.1) is 0 Å². The summed E-state index contributed by atoms with van der Waals surface area (Å²) in [7, 11) is 0. The summed E-state index contributed by atoms with van der Waals surface area (Å²) in [6.45, 7) is 3.34. The summed E-state index contributed by atoms with van der Waals surface area (Å²) in [6, 6.07) is 5.23. The average Bonchev–Trinajstić information content (AvgIpc) is 2.18. The SMILES string of the molecule is CC(O)Cc1cccc(C(N)=O)c1CC(C)O. The van der Waals surface area contributed by atoms with E-state index < -0.39 is 18.1 Å². The molecule has 4 nitrogen and oxygen atoms in total. The van der Waals surface area contributed by atoms with E-state index in [0.717, 1.165) is 11.1 Å². The molecule has 0 aromatic heterocycles. The van der Waals surface area contributed by atoms with Crippen LogP contribution >= 0.6 is 0 Å². The van der Waals surface area contributed by atoms with Gasteiger partial charge in [0.15, 0.2) is 0 Å². The topological polar surface area (TPSA) is 83.5 Å². The number of primary amides is 1. The van der Waals surface area contributed by atoms with Crippen molar-refractivity contribution in [1.29, 1.82) is 0 Å². The van der Waals surface area contributed by atoms with Gasteiger partial charge in [-0.25, -0.2) is 0 Å². The summed E-state index contributed by atoms with van der Waals surface area (Å²) >= 11 is 0. The zero-order valence-corrected chi connectivity index (χ0v) is 10.2. The van der Waals surface area contributed by atoms with E-state index in [-0.39, 0.29) is 0 Å². The predicted molar refractivity (Wildman–Crippen MR) is 65.7 cm³/mol. The maximum absolute atomic E-state index is 11.3.